The maximum Gasteiger partial charge on any atom is 0.0501 e. The number of nitrogens with one attached hydrogen (secondary N) is 1. The van der Waals surface area contributed by atoms with E-state index in [1.807, 2.05) is 5.38 Å². The number of hydrazine groups is 1. The van der Waals surface area contributed by atoms with Gasteiger partial charge >= 0.3 is 0 Å². The quantitative estimate of drug-likeness (QED) is 0.632. The molecule has 0 spiro atoms. The van der Waals surface area contributed by atoms with Crippen LogP contribution in [0.15, 0.2) is 15.2 Å². The van der Waals surface area contributed by atoms with Gasteiger partial charge in [-0.3, -0.25) is 11.3 Å². The summed E-state index contributed by atoms with van der Waals surface area (Å²) in [7, 11) is 1.69. The molecular formula is C8H13BrN2OS. The third-order valence-electron chi connectivity index (χ3n) is 1.83. The number of halogens is 1. The van der Waals surface area contributed by atoms with Gasteiger partial charge < -0.3 is 4.74 Å². The van der Waals surface area contributed by atoms with Gasteiger partial charge in [-0.15, -0.1) is 0 Å². The summed E-state index contributed by atoms with van der Waals surface area (Å²) >= 11 is 5.13. The normalized spacial score (nSPS) is 13.2. The molecule has 0 fully saturated rings. The van der Waals surface area contributed by atoms with Gasteiger partial charge in [-0.1, -0.05) is 0 Å². The van der Waals surface area contributed by atoms with Gasteiger partial charge in [0.25, 0.3) is 0 Å². The third kappa shape index (κ3) is 3.03. The fourth-order valence-corrected chi connectivity index (χ4v) is 2.73. The van der Waals surface area contributed by atoms with Crippen molar-refractivity contribution in [3.63, 3.8) is 0 Å². The van der Waals surface area contributed by atoms with Gasteiger partial charge in [-0.25, -0.2) is 0 Å². The van der Waals surface area contributed by atoms with Gasteiger partial charge in [0.2, 0.25) is 0 Å². The highest BCUT2D eigenvalue weighted by atomic mass is 79.9. The second-order valence-electron chi connectivity index (χ2n) is 2.68. The average molecular weight is 265 g/mol. The summed E-state index contributed by atoms with van der Waals surface area (Å²) in [5.41, 5.74) is 3.98. The Hall–Kier alpha value is 0.0600. The molecule has 0 aromatic carbocycles. The molecule has 1 unspecified atom stereocenters. The molecule has 0 radical (unpaired) electrons. The van der Waals surface area contributed by atoms with Crippen molar-refractivity contribution in [3.05, 3.63) is 20.8 Å². The minimum Gasteiger partial charge on any atom is -0.385 e. The smallest absolute Gasteiger partial charge is 0.0501 e. The van der Waals surface area contributed by atoms with E-state index in [2.05, 4.69) is 26.7 Å². The van der Waals surface area contributed by atoms with E-state index in [9.17, 15) is 0 Å². The van der Waals surface area contributed by atoms with Crippen molar-refractivity contribution in [2.24, 2.45) is 5.84 Å². The number of hydrogen-bond donors (Lipinski definition) is 2. The molecule has 1 aromatic rings. The zero-order chi connectivity index (χ0) is 9.68. The van der Waals surface area contributed by atoms with Crippen LogP contribution in [0, 0.1) is 0 Å². The van der Waals surface area contributed by atoms with E-state index in [-0.39, 0.29) is 6.04 Å². The van der Waals surface area contributed by atoms with E-state index in [0.717, 1.165) is 10.9 Å². The second-order valence-corrected chi connectivity index (χ2v) is 4.27. The van der Waals surface area contributed by atoms with Crippen LogP contribution in [-0.4, -0.2) is 13.7 Å². The van der Waals surface area contributed by atoms with Crippen LogP contribution in [-0.2, 0) is 4.74 Å². The molecule has 0 aliphatic carbocycles. The fourth-order valence-electron chi connectivity index (χ4n) is 1.10. The zero-order valence-corrected chi connectivity index (χ0v) is 9.82. The largest absolute Gasteiger partial charge is 0.385 e. The van der Waals surface area contributed by atoms with Crippen LogP contribution in [0.3, 0.4) is 0 Å². The lowest BCUT2D eigenvalue weighted by Gasteiger charge is -2.14. The summed E-state index contributed by atoms with van der Waals surface area (Å²) in [6, 6.07) is 0.167. The van der Waals surface area contributed by atoms with Crippen LogP contribution in [0.2, 0.25) is 0 Å². The standard InChI is InChI=1S/C8H13BrN2OS/c1-12-3-2-8(11-10)6-4-13-5-7(6)9/h4-5,8,11H,2-3,10H2,1H3. The first kappa shape index (κ1) is 11.1. The molecular weight excluding hydrogens is 252 g/mol. The Bertz CT molecular complexity index is 254. The van der Waals surface area contributed by atoms with Crippen LogP contribution in [0.5, 0.6) is 0 Å². The van der Waals surface area contributed by atoms with E-state index >= 15 is 0 Å². The highest BCUT2D eigenvalue weighted by Gasteiger charge is 2.12. The molecule has 1 heterocycles. The van der Waals surface area contributed by atoms with E-state index in [4.69, 9.17) is 10.6 Å². The molecule has 0 saturated heterocycles. The lowest BCUT2D eigenvalue weighted by atomic mass is 10.1. The van der Waals surface area contributed by atoms with Crippen LogP contribution >= 0.6 is 27.3 Å². The number of hydrogen-bond acceptors (Lipinski definition) is 4. The SMILES string of the molecule is COCCC(NN)c1cscc1Br. The van der Waals surface area contributed by atoms with Crippen LogP contribution in [0.25, 0.3) is 0 Å². The summed E-state index contributed by atoms with van der Waals surface area (Å²) in [5, 5.41) is 4.14. The minimum atomic E-state index is 0.167. The predicted octanol–water partition coefficient (Wildman–Crippen LogP) is 2.05. The molecule has 0 saturated carbocycles. The van der Waals surface area contributed by atoms with Crippen molar-refractivity contribution in [1.29, 1.82) is 0 Å². The van der Waals surface area contributed by atoms with E-state index in [1.165, 1.54) is 5.56 Å². The molecule has 0 aliphatic heterocycles. The average Bonchev–Trinajstić information content (AvgIpc) is 2.54. The Kier molecular flexibility index (Phi) is 4.90. The molecule has 1 aromatic heterocycles. The Labute approximate surface area is 90.4 Å². The molecule has 5 heteroatoms. The highest BCUT2D eigenvalue weighted by Crippen LogP contribution is 2.28. The van der Waals surface area contributed by atoms with Crippen LogP contribution < -0.4 is 11.3 Å². The molecule has 0 bridgehead atoms. The van der Waals surface area contributed by atoms with E-state index in [1.54, 1.807) is 18.4 Å². The summed E-state index contributed by atoms with van der Waals surface area (Å²) in [6.45, 7) is 0.706. The van der Waals surface area contributed by atoms with Crippen LogP contribution in [0.1, 0.15) is 18.0 Å². The fraction of sp³-hybridized carbons (Fsp3) is 0.500. The lowest BCUT2D eigenvalue weighted by molar-refractivity contribution is 0.183. The van der Waals surface area contributed by atoms with Crippen molar-refractivity contribution in [3.8, 4) is 0 Å². The summed E-state index contributed by atoms with van der Waals surface area (Å²) in [4.78, 5) is 0. The van der Waals surface area contributed by atoms with Gasteiger partial charge in [-0.2, -0.15) is 11.3 Å². The van der Waals surface area contributed by atoms with Crippen molar-refractivity contribution >= 4 is 27.3 Å². The van der Waals surface area contributed by atoms with Crippen LogP contribution in [0.4, 0.5) is 0 Å². The third-order valence-corrected chi connectivity index (χ3v) is 3.58. The highest BCUT2D eigenvalue weighted by molar-refractivity contribution is 9.10. The summed E-state index contributed by atoms with van der Waals surface area (Å²) < 4.78 is 6.11. The first-order valence-corrected chi connectivity index (χ1v) is 5.69. The Morgan fingerprint density at radius 2 is 2.46 bits per heavy atom. The number of nitrogens with two attached hydrogens (primary N) is 1. The molecule has 0 amide bonds. The minimum absolute atomic E-state index is 0.167. The van der Waals surface area contributed by atoms with Gasteiger partial charge in [0.05, 0.1) is 6.04 Å². The van der Waals surface area contributed by atoms with E-state index < -0.39 is 0 Å². The Morgan fingerprint density at radius 3 is 2.92 bits per heavy atom. The zero-order valence-electron chi connectivity index (χ0n) is 7.42. The number of methoxy groups -OCH3 is 1. The molecule has 0 aliphatic rings. The second kappa shape index (κ2) is 5.72. The number of rotatable bonds is 5. The van der Waals surface area contributed by atoms with Crippen molar-refractivity contribution in [2.75, 3.05) is 13.7 Å². The van der Waals surface area contributed by atoms with Crippen molar-refractivity contribution < 1.29 is 4.74 Å². The maximum atomic E-state index is 5.45. The van der Waals surface area contributed by atoms with Gasteiger partial charge in [0.15, 0.2) is 0 Å². The van der Waals surface area contributed by atoms with E-state index in [0.29, 0.717) is 6.61 Å². The topological polar surface area (TPSA) is 47.3 Å². The summed E-state index contributed by atoms with van der Waals surface area (Å²) in [5.74, 6) is 5.45. The maximum absolute atomic E-state index is 5.45. The number of ether oxygens (including phenoxy) is 1. The molecule has 3 nitrogen and oxygen atoms in total. The van der Waals surface area contributed by atoms with Crippen molar-refractivity contribution in [2.45, 2.75) is 12.5 Å². The van der Waals surface area contributed by atoms with Gasteiger partial charge in [0, 0.05) is 23.6 Å². The molecule has 74 valence electrons. The lowest BCUT2D eigenvalue weighted by Crippen LogP contribution is -2.28. The molecule has 1 rings (SSSR count). The molecule has 3 N–H and O–H groups in total. The number of thiophene rings is 1. The first-order chi connectivity index (χ1) is 6.29. The Morgan fingerprint density at radius 1 is 1.69 bits per heavy atom. The monoisotopic (exact) mass is 264 g/mol. The van der Waals surface area contributed by atoms with Gasteiger partial charge in [0.1, 0.15) is 0 Å². The summed E-state index contributed by atoms with van der Waals surface area (Å²) in [6.07, 6.45) is 0.877. The predicted molar refractivity (Wildman–Crippen MR) is 58.6 cm³/mol. The molecule has 13 heavy (non-hydrogen) atoms. The first-order valence-electron chi connectivity index (χ1n) is 3.96. The Balaban J connectivity index is 2.61. The van der Waals surface area contributed by atoms with Gasteiger partial charge in [-0.05, 0) is 33.3 Å². The van der Waals surface area contributed by atoms with Crippen molar-refractivity contribution in [1.82, 2.24) is 5.43 Å². The molecule has 1 atom stereocenters.